The van der Waals surface area contributed by atoms with Crippen molar-refractivity contribution in [1.29, 1.82) is 0 Å². The number of methoxy groups -OCH3 is 1. The fourth-order valence-electron chi connectivity index (χ4n) is 3.28. The molecule has 1 fully saturated rings. The minimum atomic E-state index is 0.0672. The van der Waals surface area contributed by atoms with Gasteiger partial charge in [-0.3, -0.25) is 9.89 Å². The van der Waals surface area contributed by atoms with Crippen LogP contribution in [-0.2, 0) is 4.79 Å². The molecule has 2 N–H and O–H groups in total. The van der Waals surface area contributed by atoms with Crippen LogP contribution in [0.3, 0.4) is 0 Å². The van der Waals surface area contributed by atoms with Crippen LogP contribution in [0.4, 0.5) is 5.69 Å². The predicted octanol–water partition coefficient (Wildman–Crippen LogP) is 3.91. The lowest BCUT2D eigenvalue weighted by Crippen LogP contribution is -2.16. The predicted molar refractivity (Wildman–Crippen MR) is 90.5 cm³/mol. The number of amides is 1. The highest BCUT2D eigenvalue weighted by atomic mass is 16.5. The average molecular weight is 313 g/mol. The fourth-order valence-corrected chi connectivity index (χ4v) is 3.28. The minimum absolute atomic E-state index is 0.0672. The first-order chi connectivity index (χ1) is 11.2. The molecule has 2 aromatic rings. The average Bonchev–Trinajstić information content (AvgIpc) is 3.18. The number of para-hydroxylation sites is 1. The Bertz CT molecular complexity index is 687. The van der Waals surface area contributed by atoms with E-state index in [1.54, 1.807) is 7.11 Å². The zero-order valence-electron chi connectivity index (χ0n) is 13.7. The lowest BCUT2D eigenvalue weighted by atomic mass is 10.0. The summed E-state index contributed by atoms with van der Waals surface area (Å²) in [5.41, 5.74) is 3.19. The van der Waals surface area contributed by atoms with Crippen LogP contribution in [0.5, 0.6) is 5.75 Å². The van der Waals surface area contributed by atoms with Gasteiger partial charge in [-0.25, -0.2) is 0 Å². The van der Waals surface area contributed by atoms with E-state index in [0.717, 1.165) is 41.2 Å². The number of H-pyrrole nitrogens is 1. The van der Waals surface area contributed by atoms with Crippen LogP contribution in [0.2, 0.25) is 0 Å². The molecule has 0 spiro atoms. The molecule has 0 radical (unpaired) electrons. The Hall–Kier alpha value is -2.30. The van der Waals surface area contributed by atoms with Crippen LogP contribution in [0, 0.1) is 12.8 Å². The summed E-state index contributed by atoms with van der Waals surface area (Å²) in [5, 5.41) is 10.4. The van der Waals surface area contributed by atoms with E-state index in [1.807, 2.05) is 31.2 Å². The maximum absolute atomic E-state index is 12.4. The Balaban J connectivity index is 1.82. The first-order valence-corrected chi connectivity index (χ1v) is 8.17. The van der Waals surface area contributed by atoms with Gasteiger partial charge in [0.1, 0.15) is 11.4 Å². The van der Waals surface area contributed by atoms with Gasteiger partial charge in [-0.1, -0.05) is 25.0 Å². The summed E-state index contributed by atoms with van der Waals surface area (Å²) in [6.07, 6.45) is 5.41. The third-order valence-corrected chi connectivity index (χ3v) is 4.52. The highest BCUT2D eigenvalue weighted by Crippen LogP contribution is 2.35. The van der Waals surface area contributed by atoms with Crippen molar-refractivity contribution < 1.29 is 9.53 Å². The summed E-state index contributed by atoms with van der Waals surface area (Å²) < 4.78 is 5.41. The van der Waals surface area contributed by atoms with Crippen molar-refractivity contribution >= 4 is 11.6 Å². The van der Waals surface area contributed by atoms with E-state index < -0.39 is 0 Å². The fraction of sp³-hybridized carbons (Fsp3) is 0.444. The van der Waals surface area contributed by atoms with Gasteiger partial charge in [0, 0.05) is 12.0 Å². The Morgan fingerprint density at radius 3 is 2.83 bits per heavy atom. The van der Waals surface area contributed by atoms with Crippen molar-refractivity contribution in [1.82, 2.24) is 10.2 Å². The monoisotopic (exact) mass is 313 g/mol. The smallest absolute Gasteiger partial charge is 0.224 e. The molecule has 1 aliphatic rings. The summed E-state index contributed by atoms with van der Waals surface area (Å²) in [6.45, 7) is 1.91. The molecule has 0 bridgehead atoms. The van der Waals surface area contributed by atoms with Gasteiger partial charge in [-0.2, -0.15) is 5.10 Å². The Morgan fingerprint density at radius 2 is 2.09 bits per heavy atom. The molecular formula is C18H23N3O2. The maximum atomic E-state index is 12.4. The number of aryl methyl sites for hydroxylation is 1. The van der Waals surface area contributed by atoms with E-state index >= 15 is 0 Å². The number of aromatic amines is 1. The van der Waals surface area contributed by atoms with E-state index in [0.29, 0.717) is 12.3 Å². The number of carbonyl (C=O) groups is 1. The molecule has 0 unspecified atom stereocenters. The van der Waals surface area contributed by atoms with E-state index in [2.05, 4.69) is 15.5 Å². The highest BCUT2D eigenvalue weighted by Gasteiger charge is 2.21. The molecule has 0 atom stereocenters. The van der Waals surface area contributed by atoms with Gasteiger partial charge in [-0.15, -0.1) is 0 Å². The summed E-state index contributed by atoms with van der Waals surface area (Å²) in [5.74, 6) is 1.33. The third-order valence-electron chi connectivity index (χ3n) is 4.52. The highest BCUT2D eigenvalue weighted by molar-refractivity contribution is 5.96. The SMILES string of the molecule is COc1ccccc1-c1n[nH]c(C)c1NC(=O)CC1CCCC1. The number of ether oxygens (including phenoxy) is 1. The number of rotatable bonds is 5. The first-order valence-electron chi connectivity index (χ1n) is 8.17. The number of hydrogen-bond donors (Lipinski definition) is 2. The van der Waals surface area contributed by atoms with Gasteiger partial charge in [-0.05, 0) is 37.8 Å². The van der Waals surface area contributed by atoms with Crippen molar-refractivity contribution in [2.75, 3.05) is 12.4 Å². The van der Waals surface area contributed by atoms with Crippen LogP contribution in [0.15, 0.2) is 24.3 Å². The normalized spacial score (nSPS) is 14.9. The molecule has 1 heterocycles. The third kappa shape index (κ3) is 3.38. The number of nitrogens with zero attached hydrogens (tertiary/aromatic N) is 1. The first kappa shape index (κ1) is 15.6. The van der Waals surface area contributed by atoms with Crippen molar-refractivity contribution in [3.63, 3.8) is 0 Å². The summed E-state index contributed by atoms with van der Waals surface area (Å²) >= 11 is 0. The zero-order valence-corrected chi connectivity index (χ0v) is 13.7. The summed E-state index contributed by atoms with van der Waals surface area (Å²) in [7, 11) is 1.64. The lowest BCUT2D eigenvalue weighted by Gasteiger charge is -2.12. The molecule has 23 heavy (non-hydrogen) atoms. The molecule has 122 valence electrons. The molecule has 1 saturated carbocycles. The molecule has 0 saturated heterocycles. The van der Waals surface area contributed by atoms with Gasteiger partial charge in [0.15, 0.2) is 0 Å². The molecular weight excluding hydrogens is 290 g/mol. The van der Waals surface area contributed by atoms with Crippen LogP contribution in [-0.4, -0.2) is 23.2 Å². The van der Waals surface area contributed by atoms with Gasteiger partial charge in [0.25, 0.3) is 0 Å². The van der Waals surface area contributed by atoms with Crippen molar-refractivity contribution in [2.24, 2.45) is 5.92 Å². The molecule has 1 aromatic carbocycles. The molecule has 5 nitrogen and oxygen atoms in total. The van der Waals surface area contributed by atoms with Gasteiger partial charge in [0.05, 0.1) is 18.5 Å². The lowest BCUT2D eigenvalue weighted by molar-refractivity contribution is -0.117. The Kier molecular flexibility index (Phi) is 4.65. The second-order valence-electron chi connectivity index (χ2n) is 6.18. The van der Waals surface area contributed by atoms with Crippen molar-refractivity contribution in [3.8, 4) is 17.0 Å². The van der Waals surface area contributed by atoms with E-state index in [1.165, 1.54) is 12.8 Å². The van der Waals surface area contributed by atoms with Gasteiger partial charge in [0.2, 0.25) is 5.91 Å². The number of benzene rings is 1. The minimum Gasteiger partial charge on any atom is -0.496 e. The molecule has 1 amide bonds. The van der Waals surface area contributed by atoms with Crippen LogP contribution in [0.25, 0.3) is 11.3 Å². The van der Waals surface area contributed by atoms with E-state index in [9.17, 15) is 4.79 Å². The quantitative estimate of drug-likeness (QED) is 0.879. The number of hydrogen-bond acceptors (Lipinski definition) is 3. The topological polar surface area (TPSA) is 67.0 Å². The zero-order chi connectivity index (χ0) is 16.2. The second-order valence-corrected chi connectivity index (χ2v) is 6.18. The van der Waals surface area contributed by atoms with Crippen LogP contribution >= 0.6 is 0 Å². The second kappa shape index (κ2) is 6.86. The number of anilines is 1. The van der Waals surface area contributed by atoms with Crippen LogP contribution in [0.1, 0.15) is 37.8 Å². The molecule has 5 heteroatoms. The standard InChI is InChI=1S/C18H23N3O2/c1-12-17(19-16(22)11-13-7-3-4-8-13)18(21-20-12)14-9-5-6-10-15(14)23-2/h5-6,9-10,13H,3-4,7-8,11H2,1-2H3,(H,19,22)(H,20,21). The van der Waals surface area contributed by atoms with E-state index in [-0.39, 0.29) is 5.91 Å². The molecule has 0 aliphatic heterocycles. The van der Waals surface area contributed by atoms with Gasteiger partial charge >= 0.3 is 0 Å². The summed E-state index contributed by atoms with van der Waals surface area (Å²) in [6, 6.07) is 7.69. The Morgan fingerprint density at radius 1 is 1.35 bits per heavy atom. The Labute approximate surface area is 136 Å². The largest absolute Gasteiger partial charge is 0.496 e. The van der Waals surface area contributed by atoms with Crippen LogP contribution < -0.4 is 10.1 Å². The molecule has 1 aliphatic carbocycles. The summed E-state index contributed by atoms with van der Waals surface area (Å²) in [4.78, 5) is 12.4. The van der Waals surface area contributed by atoms with Gasteiger partial charge < -0.3 is 10.1 Å². The number of nitrogens with one attached hydrogen (secondary N) is 2. The number of aromatic nitrogens is 2. The molecule has 1 aromatic heterocycles. The number of carbonyl (C=O) groups excluding carboxylic acids is 1. The molecule has 3 rings (SSSR count). The maximum Gasteiger partial charge on any atom is 0.224 e. The van der Waals surface area contributed by atoms with Crippen molar-refractivity contribution in [3.05, 3.63) is 30.0 Å². The van der Waals surface area contributed by atoms with E-state index in [4.69, 9.17) is 4.74 Å². The van der Waals surface area contributed by atoms with Crippen molar-refractivity contribution in [2.45, 2.75) is 39.0 Å².